The Balaban J connectivity index is 1.67. The molecule has 0 unspecified atom stereocenters. The number of hydrogen-bond donors (Lipinski definition) is 1. The molecule has 3 aromatic rings. The second kappa shape index (κ2) is 10.3. The molecule has 0 fully saturated rings. The lowest BCUT2D eigenvalue weighted by atomic mass is 10.2. The van der Waals surface area contributed by atoms with Crippen LogP contribution in [-0.4, -0.2) is 29.5 Å². The van der Waals surface area contributed by atoms with Crippen molar-refractivity contribution in [2.24, 2.45) is 0 Å². The Hall–Kier alpha value is -3.09. The van der Waals surface area contributed by atoms with E-state index < -0.39 is 12.6 Å². The van der Waals surface area contributed by atoms with Crippen molar-refractivity contribution in [3.05, 3.63) is 82.6 Å². The van der Waals surface area contributed by atoms with E-state index in [9.17, 15) is 9.59 Å². The molecule has 1 amide bonds. The lowest BCUT2D eigenvalue weighted by Gasteiger charge is -2.27. The highest BCUT2D eigenvalue weighted by Gasteiger charge is 2.22. The monoisotopic (exact) mass is 457 g/mol. The second-order valence-electron chi connectivity index (χ2n) is 6.94. The summed E-state index contributed by atoms with van der Waals surface area (Å²) in [4.78, 5) is 30.5. The van der Waals surface area contributed by atoms with Gasteiger partial charge in [-0.15, -0.1) is 0 Å². The standard InChI is InChI=1S/C23H21Cl2N3O3/c1-15(2)28(18-10-8-17(9-11-18)26-16-6-4-3-5-7-16)21(29)14-31-23(30)22-19(24)12-13-20(25)27-22/h3-13,15,26H,14H2,1-2H3. The third kappa shape index (κ3) is 5.96. The second-order valence-corrected chi connectivity index (χ2v) is 7.73. The smallest absolute Gasteiger partial charge is 0.359 e. The number of nitrogens with zero attached hydrogens (tertiary/aromatic N) is 2. The summed E-state index contributed by atoms with van der Waals surface area (Å²) < 4.78 is 5.13. The van der Waals surface area contributed by atoms with Gasteiger partial charge in [0.15, 0.2) is 12.3 Å². The number of ether oxygens (including phenoxy) is 1. The van der Waals surface area contributed by atoms with Gasteiger partial charge in [-0.25, -0.2) is 9.78 Å². The number of hydrogen-bond acceptors (Lipinski definition) is 5. The van der Waals surface area contributed by atoms with Crippen molar-refractivity contribution < 1.29 is 14.3 Å². The number of benzene rings is 2. The molecule has 160 valence electrons. The molecule has 1 aromatic heterocycles. The number of nitrogens with one attached hydrogen (secondary N) is 1. The van der Waals surface area contributed by atoms with Crippen LogP contribution in [0.15, 0.2) is 66.7 Å². The van der Waals surface area contributed by atoms with E-state index in [0.717, 1.165) is 11.4 Å². The van der Waals surface area contributed by atoms with Crippen LogP contribution in [0, 0.1) is 0 Å². The summed E-state index contributed by atoms with van der Waals surface area (Å²) in [6.07, 6.45) is 0. The van der Waals surface area contributed by atoms with E-state index in [0.29, 0.717) is 5.69 Å². The summed E-state index contributed by atoms with van der Waals surface area (Å²) in [6, 6.07) is 20.0. The first kappa shape index (κ1) is 22.6. The first-order chi connectivity index (χ1) is 14.8. The van der Waals surface area contributed by atoms with Crippen LogP contribution in [0.4, 0.5) is 17.1 Å². The van der Waals surface area contributed by atoms with Gasteiger partial charge in [-0.3, -0.25) is 4.79 Å². The van der Waals surface area contributed by atoms with Gasteiger partial charge in [0.05, 0.1) is 5.02 Å². The molecule has 6 nitrogen and oxygen atoms in total. The van der Waals surface area contributed by atoms with Gasteiger partial charge in [-0.1, -0.05) is 41.4 Å². The molecule has 31 heavy (non-hydrogen) atoms. The fourth-order valence-corrected chi connectivity index (χ4v) is 3.28. The molecule has 0 aliphatic rings. The molecule has 0 aliphatic heterocycles. The minimum atomic E-state index is -0.813. The van der Waals surface area contributed by atoms with Gasteiger partial charge in [0.25, 0.3) is 5.91 Å². The Morgan fingerprint density at radius 2 is 1.61 bits per heavy atom. The Bertz CT molecular complexity index is 1060. The Kier molecular flexibility index (Phi) is 7.50. The number of carbonyl (C=O) groups excluding carboxylic acids is 2. The highest BCUT2D eigenvalue weighted by Crippen LogP contribution is 2.23. The van der Waals surface area contributed by atoms with Gasteiger partial charge in [-0.2, -0.15) is 0 Å². The molecule has 0 saturated heterocycles. The minimum Gasteiger partial charge on any atom is -0.451 e. The van der Waals surface area contributed by atoms with Crippen LogP contribution in [0.25, 0.3) is 0 Å². The zero-order valence-corrected chi connectivity index (χ0v) is 18.5. The summed E-state index contributed by atoms with van der Waals surface area (Å²) in [5.74, 6) is -1.18. The molecule has 0 spiro atoms. The first-order valence-electron chi connectivity index (χ1n) is 9.58. The van der Waals surface area contributed by atoms with Crippen LogP contribution in [-0.2, 0) is 9.53 Å². The fourth-order valence-electron chi connectivity index (χ4n) is 2.95. The van der Waals surface area contributed by atoms with Gasteiger partial charge in [-0.05, 0) is 62.4 Å². The zero-order chi connectivity index (χ0) is 22.4. The molecule has 0 saturated carbocycles. The van der Waals surface area contributed by atoms with E-state index in [1.165, 1.54) is 12.1 Å². The van der Waals surface area contributed by atoms with Crippen LogP contribution in [0.3, 0.4) is 0 Å². The SMILES string of the molecule is CC(C)N(C(=O)COC(=O)c1nc(Cl)ccc1Cl)c1ccc(Nc2ccccc2)cc1. The van der Waals surface area contributed by atoms with Crippen molar-refractivity contribution in [3.63, 3.8) is 0 Å². The first-order valence-corrected chi connectivity index (χ1v) is 10.3. The van der Waals surface area contributed by atoms with Gasteiger partial charge < -0.3 is 15.0 Å². The van der Waals surface area contributed by atoms with Crippen molar-refractivity contribution in [2.45, 2.75) is 19.9 Å². The van der Waals surface area contributed by atoms with E-state index in [1.807, 2.05) is 68.4 Å². The van der Waals surface area contributed by atoms with Crippen LogP contribution in [0.5, 0.6) is 0 Å². The molecule has 8 heteroatoms. The Labute approximate surface area is 190 Å². The average Bonchev–Trinajstić information content (AvgIpc) is 2.75. The minimum absolute atomic E-state index is 0.101. The molecule has 0 aliphatic carbocycles. The van der Waals surface area contributed by atoms with Crippen molar-refractivity contribution >= 4 is 52.1 Å². The number of carbonyl (C=O) groups is 2. The maximum Gasteiger partial charge on any atom is 0.359 e. The number of halogens is 2. The number of esters is 1. The highest BCUT2D eigenvalue weighted by atomic mass is 35.5. The van der Waals surface area contributed by atoms with Gasteiger partial charge in [0, 0.05) is 23.1 Å². The van der Waals surface area contributed by atoms with E-state index >= 15 is 0 Å². The topological polar surface area (TPSA) is 71.5 Å². The summed E-state index contributed by atoms with van der Waals surface area (Å²) in [5.41, 5.74) is 2.41. The van der Waals surface area contributed by atoms with E-state index in [1.54, 1.807) is 4.90 Å². The number of para-hydroxylation sites is 1. The molecule has 0 atom stereocenters. The van der Waals surface area contributed by atoms with Crippen LogP contribution in [0.1, 0.15) is 24.3 Å². The Morgan fingerprint density at radius 1 is 0.968 bits per heavy atom. The van der Waals surface area contributed by atoms with Gasteiger partial charge in [0.2, 0.25) is 0 Å². The largest absolute Gasteiger partial charge is 0.451 e. The maximum atomic E-state index is 12.8. The molecule has 1 N–H and O–H groups in total. The van der Waals surface area contributed by atoms with Crippen molar-refractivity contribution in [1.29, 1.82) is 0 Å². The fraction of sp³-hybridized carbons (Fsp3) is 0.174. The Morgan fingerprint density at radius 3 is 2.26 bits per heavy atom. The molecule has 1 heterocycles. The third-order valence-corrected chi connectivity index (χ3v) is 4.84. The number of amides is 1. The van der Waals surface area contributed by atoms with Crippen LogP contribution in [0.2, 0.25) is 10.2 Å². The van der Waals surface area contributed by atoms with Crippen LogP contribution >= 0.6 is 23.2 Å². The summed E-state index contributed by atoms with van der Waals surface area (Å²) in [7, 11) is 0. The van der Waals surface area contributed by atoms with Gasteiger partial charge in [0.1, 0.15) is 5.15 Å². The van der Waals surface area contributed by atoms with E-state index in [2.05, 4.69) is 10.3 Å². The molecule has 2 aromatic carbocycles. The number of pyridine rings is 1. The van der Waals surface area contributed by atoms with Crippen LogP contribution < -0.4 is 10.2 Å². The number of aromatic nitrogens is 1. The summed E-state index contributed by atoms with van der Waals surface area (Å²) in [6.45, 7) is 3.31. The molecule has 0 radical (unpaired) electrons. The van der Waals surface area contributed by atoms with E-state index in [-0.39, 0.29) is 27.8 Å². The highest BCUT2D eigenvalue weighted by molar-refractivity contribution is 6.34. The molecule has 3 rings (SSSR count). The lowest BCUT2D eigenvalue weighted by Crippen LogP contribution is -2.40. The average molecular weight is 458 g/mol. The predicted molar refractivity (Wildman–Crippen MR) is 123 cm³/mol. The zero-order valence-electron chi connectivity index (χ0n) is 17.0. The van der Waals surface area contributed by atoms with Gasteiger partial charge >= 0.3 is 5.97 Å². The maximum absolute atomic E-state index is 12.8. The third-order valence-electron chi connectivity index (χ3n) is 4.33. The molecular weight excluding hydrogens is 437 g/mol. The van der Waals surface area contributed by atoms with Crippen molar-refractivity contribution in [3.8, 4) is 0 Å². The van der Waals surface area contributed by atoms with E-state index in [4.69, 9.17) is 27.9 Å². The normalized spacial score (nSPS) is 10.6. The lowest BCUT2D eigenvalue weighted by molar-refractivity contribution is -0.122. The summed E-state index contributed by atoms with van der Waals surface area (Å²) in [5, 5.41) is 3.50. The summed E-state index contributed by atoms with van der Waals surface area (Å²) >= 11 is 11.8. The quantitative estimate of drug-likeness (QED) is 0.362. The predicted octanol–water partition coefficient (Wildman–Crippen LogP) is 5.73. The van der Waals surface area contributed by atoms with Crippen molar-refractivity contribution in [1.82, 2.24) is 4.98 Å². The molecular formula is C23H21Cl2N3O3. The van der Waals surface area contributed by atoms with Crippen molar-refractivity contribution in [2.75, 3.05) is 16.8 Å². The number of anilines is 3. The number of rotatable bonds is 7. The molecule has 0 bridgehead atoms.